The maximum Gasteiger partial charge on any atom is 0.164 e. The molecule has 1 unspecified atom stereocenters. The van der Waals surface area contributed by atoms with E-state index in [-0.39, 0.29) is 6.04 Å². The van der Waals surface area contributed by atoms with Gasteiger partial charge in [0.25, 0.3) is 0 Å². The Kier molecular flexibility index (Phi) is 3.26. The van der Waals surface area contributed by atoms with Gasteiger partial charge in [0.1, 0.15) is 13.2 Å². The average Bonchev–Trinajstić information content (AvgIpc) is 2.26. The Morgan fingerprint density at radius 3 is 2.75 bits per heavy atom. The van der Waals surface area contributed by atoms with Crippen LogP contribution in [0.1, 0.15) is 31.0 Å². The normalized spacial score (nSPS) is 16.0. The Hall–Kier alpha value is -0.930. The molecule has 1 aliphatic rings. The SMILES string of the molecule is CCc1c2c(cc(Cl)c1C(C)N)OCCO2. The number of benzene rings is 1. The van der Waals surface area contributed by atoms with E-state index in [1.807, 2.05) is 6.92 Å². The van der Waals surface area contributed by atoms with Crippen molar-refractivity contribution in [3.8, 4) is 11.5 Å². The molecule has 1 aromatic carbocycles. The number of ether oxygens (including phenoxy) is 2. The highest BCUT2D eigenvalue weighted by molar-refractivity contribution is 6.31. The monoisotopic (exact) mass is 241 g/mol. The Labute approximate surface area is 100 Å². The van der Waals surface area contributed by atoms with Gasteiger partial charge in [-0.3, -0.25) is 0 Å². The highest BCUT2D eigenvalue weighted by Crippen LogP contribution is 2.42. The van der Waals surface area contributed by atoms with Gasteiger partial charge < -0.3 is 15.2 Å². The lowest BCUT2D eigenvalue weighted by atomic mass is 9.98. The third-order valence-corrected chi connectivity index (χ3v) is 3.05. The summed E-state index contributed by atoms with van der Waals surface area (Å²) < 4.78 is 11.2. The van der Waals surface area contributed by atoms with Crippen molar-refractivity contribution in [1.29, 1.82) is 0 Å². The van der Waals surface area contributed by atoms with E-state index in [1.54, 1.807) is 6.07 Å². The van der Waals surface area contributed by atoms with Gasteiger partial charge in [0.15, 0.2) is 11.5 Å². The Balaban J connectivity index is 2.62. The molecule has 1 aliphatic heterocycles. The standard InChI is InChI=1S/C12H16ClNO2/c1-3-8-11(7(2)14)9(13)6-10-12(8)16-5-4-15-10/h6-7H,3-5,14H2,1-2H3. The van der Waals surface area contributed by atoms with Gasteiger partial charge in [-0.1, -0.05) is 18.5 Å². The molecular weight excluding hydrogens is 226 g/mol. The number of nitrogens with two attached hydrogens (primary N) is 1. The van der Waals surface area contributed by atoms with Crippen molar-refractivity contribution in [2.45, 2.75) is 26.3 Å². The van der Waals surface area contributed by atoms with Crippen LogP contribution in [0, 0.1) is 0 Å². The van der Waals surface area contributed by atoms with Crippen molar-refractivity contribution in [3.05, 3.63) is 22.2 Å². The van der Waals surface area contributed by atoms with E-state index in [9.17, 15) is 0 Å². The number of hydrogen-bond acceptors (Lipinski definition) is 3. The molecule has 0 saturated carbocycles. The number of halogens is 1. The van der Waals surface area contributed by atoms with Crippen molar-refractivity contribution in [2.75, 3.05) is 13.2 Å². The first-order valence-corrected chi connectivity index (χ1v) is 5.89. The summed E-state index contributed by atoms with van der Waals surface area (Å²) in [5, 5.41) is 0.663. The highest BCUT2D eigenvalue weighted by atomic mass is 35.5. The van der Waals surface area contributed by atoms with Crippen molar-refractivity contribution >= 4 is 11.6 Å². The Morgan fingerprint density at radius 1 is 1.44 bits per heavy atom. The molecule has 0 aliphatic carbocycles. The van der Waals surface area contributed by atoms with Gasteiger partial charge >= 0.3 is 0 Å². The molecule has 0 bridgehead atoms. The summed E-state index contributed by atoms with van der Waals surface area (Å²) in [6, 6.07) is 1.70. The molecule has 0 amide bonds. The molecule has 4 heteroatoms. The fourth-order valence-electron chi connectivity index (χ4n) is 2.08. The van der Waals surface area contributed by atoms with Gasteiger partial charge in [0.2, 0.25) is 0 Å². The van der Waals surface area contributed by atoms with Crippen LogP contribution in [0.3, 0.4) is 0 Å². The lowest BCUT2D eigenvalue weighted by molar-refractivity contribution is 0.169. The van der Waals surface area contributed by atoms with Crippen LogP contribution < -0.4 is 15.2 Å². The van der Waals surface area contributed by atoms with Crippen LogP contribution in [-0.2, 0) is 6.42 Å². The molecule has 1 aromatic rings. The van der Waals surface area contributed by atoms with Gasteiger partial charge in [0, 0.05) is 22.7 Å². The van der Waals surface area contributed by atoms with Crippen molar-refractivity contribution < 1.29 is 9.47 Å². The molecule has 2 N–H and O–H groups in total. The Bertz CT molecular complexity index is 404. The second-order valence-corrected chi connectivity index (χ2v) is 4.32. The summed E-state index contributed by atoms with van der Waals surface area (Å²) in [4.78, 5) is 0. The van der Waals surface area contributed by atoms with E-state index < -0.39 is 0 Å². The van der Waals surface area contributed by atoms with Crippen molar-refractivity contribution in [2.24, 2.45) is 5.73 Å². The molecule has 2 rings (SSSR count). The summed E-state index contributed by atoms with van der Waals surface area (Å²) in [5.74, 6) is 1.54. The first-order valence-electron chi connectivity index (χ1n) is 5.51. The fourth-order valence-corrected chi connectivity index (χ4v) is 2.46. The third kappa shape index (κ3) is 1.85. The lowest BCUT2D eigenvalue weighted by Gasteiger charge is -2.24. The van der Waals surface area contributed by atoms with E-state index >= 15 is 0 Å². The zero-order chi connectivity index (χ0) is 11.7. The second-order valence-electron chi connectivity index (χ2n) is 3.92. The molecule has 0 fully saturated rings. The van der Waals surface area contributed by atoms with Crippen LogP contribution >= 0.6 is 11.6 Å². The topological polar surface area (TPSA) is 44.5 Å². The van der Waals surface area contributed by atoms with E-state index in [1.165, 1.54) is 0 Å². The molecule has 0 spiro atoms. The number of rotatable bonds is 2. The van der Waals surface area contributed by atoms with Crippen LogP contribution in [0.4, 0.5) is 0 Å². The smallest absolute Gasteiger partial charge is 0.164 e. The minimum Gasteiger partial charge on any atom is -0.486 e. The molecular formula is C12H16ClNO2. The molecule has 88 valence electrons. The van der Waals surface area contributed by atoms with Gasteiger partial charge in [-0.25, -0.2) is 0 Å². The molecule has 0 radical (unpaired) electrons. The number of fused-ring (bicyclic) bond motifs is 1. The lowest BCUT2D eigenvalue weighted by Crippen LogP contribution is -2.19. The van der Waals surface area contributed by atoms with Crippen LogP contribution in [0.25, 0.3) is 0 Å². The van der Waals surface area contributed by atoms with Gasteiger partial charge in [-0.2, -0.15) is 0 Å². The van der Waals surface area contributed by atoms with Crippen molar-refractivity contribution in [3.63, 3.8) is 0 Å². The summed E-state index contributed by atoms with van der Waals surface area (Å²) >= 11 is 6.22. The van der Waals surface area contributed by atoms with E-state index in [4.69, 9.17) is 26.8 Å². The van der Waals surface area contributed by atoms with Crippen LogP contribution in [0.5, 0.6) is 11.5 Å². The molecule has 16 heavy (non-hydrogen) atoms. The summed E-state index contributed by atoms with van der Waals surface area (Å²) in [7, 11) is 0. The van der Waals surface area contributed by atoms with E-state index in [2.05, 4.69) is 6.92 Å². The first-order chi connectivity index (χ1) is 7.65. The van der Waals surface area contributed by atoms with E-state index in [0.29, 0.717) is 18.2 Å². The van der Waals surface area contributed by atoms with Gasteiger partial charge in [-0.15, -0.1) is 0 Å². The maximum absolute atomic E-state index is 6.22. The van der Waals surface area contributed by atoms with E-state index in [0.717, 1.165) is 29.0 Å². The summed E-state index contributed by atoms with van der Waals surface area (Å²) in [6.45, 7) is 5.15. The minimum atomic E-state index is -0.0988. The van der Waals surface area contributed by atoms with Crippen LogP contribution in [-0.4, -0.2) is 13.2 Å². The summed E-state index contributed by atoms with van der Waals surface area (Å²) in [6.07, 6.45) is 0.836. The number of hydrogen-bond donors (Lipinski definition) is 1. The van der Waals surface area contributed by atoms with Gasteiger partial charge in [0.05, 0.1) is 0 Å². The minimum absolute atomic E-state index is 0.0988. The molecule has 1 atom stereocenters. The molecule has 1 heterocycles. The highest BCUT2D eigenvalue weighted by Gasteiger charge is 2.22. The molecule has 3 nitrogen and oxygen atoms in total. The predicted molar refractivity (Wildman–Crippen MR) is 64.4 cm³/mol. The molecule has 0 aromatic heterocycles. The predicted octanol–water partition coefficient (Wildman–Crippen LogP) is 2.69. The summed E-state index contributed by atoms with van der Waals surface area (Å²) in [5.41, 5.74) is 7.98. The van der Waals surface area contributed by atoms with Crippen LogP contribution in [0.2, 0.25) is 5.02 Å². The zero-order valence-corrected chi connectivity index (χ0v) is 10.3. The first kappa shape index (κ1) is 11.6. The third-order valence-electron chi connectivity index (χ3n) is 2.73. The fraction of sp³-hybridized carbons (Fsp3) is 0.500. The quantitative estimate of drug-likeness (QED) is 0.866. The molecule has 0 saturated heterocycles. The second kappa shape index (κ2) is 4.52. The van der Waals surface area contributed by atoms with Gasteiger partial charge in [-0.05, 0) is 18.9 Å². The average molecular weight is 242 g/mol. The largest absolute Gasteiger partial charge is 0.486 e. The maximum atomic E-state index is 6.22. The van der Waals surface area contributed by atoms with Crippen LogP contribution in [0.15, 0.2) is 6.07 Å². The van der Waals surface area contributed by atoms with Crippen molar-refractivity contribution in [1.82, 2.24) is 0 Å². The zero-order valence-electron chi connectivity index (χ0n) is 9.55. The Morgan fingerprint density at radius 2 is 2.12 bits per heavy atom.